The van der Waals surface area contributed by atoms with Gasteiger partial charge in [-0.1, -0.05) is 11.6 Å². The Kier molecular flexibility index (Phi) is 8.89. The van der Waals surface area contributed by atoms with Crippen molar-refractivity contribution in [2.75, 3.05) is 38.1 Å². The van der Waals surface area contributed by atoms with Crippen molar-refractivity contribution in [1.29, 1.82) is 0 Å². The van der Waals surface area contributed by atoms with Crippen molar-refractivity contribution in [1.82, 2.24) is 14.6 Å². The van der Waals surface area contributed by atoms with Crippen LogP contribution in [-0.4, -0.2) is 56.4 Å². The van der Waals surface area contributed by atoms with E-state index in [0.29, 0.717) is 49.9 Å². The van der Waals surface area contributed by atoms with Crippen molar-refractivity contribution < 1.29 is 17.9 Å². The first-order valence-corrected chi connectivity index (χ1v) is 14.4. The number of nitrogens with one attached hydrogen (secondary N) is 2. The van der Waals surface area contributed by atoms with E-state index in [9.17, 15) is 13.2 Å². The lowest BCUT2D eigenvalue weighted by atomic mass is 9.99. The second-order valence-corrected chi connectivity index (χ2v) is 11.5. The Hall–Kier alpha value is -2.88. The number of aryl methyl sites for hydroxylation is 1. The van der Waals surface area contributed by atoms with Gasteiger partial charge in [0.1, 0.15) is 5.75 Å². The Morgan fingerprint density at radius 3 is 2.81 bits per heavy atom. The fourth-order valence-electron chi connectivity index (χ4n) is 4.57. The molecule has 3 aromatic rings. The zero-order chi connectivity index (χ0) is 26.4. The lowest BCUT2D eigenvalue weighted by Gasteiger charge is -2.31. The average Bonchev–Trinajstić information content (AvgIpc) is 2.89. The Balaban J connectivity index is 1.28. The van der Waals surface area contributed by atoms with Crippen molar-refractivity contribution in [2.45, 2.75) is 38.0 Å². The summed E-state index contributed by atoms with van der Waals surface area (Å²) in [6, 6.07) is 12.4. The van der Waals surface area contributed by atoms with E-state index in [1.54, 1.807) is 24.4 Å². The molecule has 1 atom stereocenters. The van der Waals surface area contributed by atoms with E-state index in [1.165, 1.54) is 4.31 Å². The minimum atomic E-state index is -3.69. The van der Waals surface area contributed by atoms with E-state index in [4.69, 9.17) is 16.3 Å². The molecule has 1 aromatic heterocycles. The number of ether oxygens (including phenoxy) is 1. The number of anilines is 1. The number of carbonyl (C=O) groups is 1. The molecule has 0 aliphatic carbocycles. The van der Waals surface area contributed by atoms with Crippen LogP contribution >= 0.6 is 11.6 Å². The zero-order valence-corrected chi connectivity index (χ0v) is 22.7. The summed E-state index contributed by atoms with van der Waals surface area (Å²) >= 11 is 6.06. The fourth-order valence-corrected chi connectivity index (χ4v) is 6.34. The fraction of sp³-hybridized carbons (Fsp3) is 0.407. The van der Waals surface area contributed by atoms with E-state index >= 15 is 0 Å². The molecule has 1 aliphatic heterocycles. The first kappa shape index (κ1) is 27.2. The van der Waals surface area contributed by atoms with Gasteiger partial charge in [0.15, 0.2) is 0 Å². The quantitative estimate of drug-likeness (QED) is 0.361. The summed E-state index contributed by atoms with van der Waals surface area (Å²) in [5, 5.41) is 8.00. The SMILES string of the molecule is CCOc1ccc(S(=O)(=O)N2CCC[C@@H](C(=O)NCCCNc3ccnc4cc(Cl)ccc34)C2)cc1C. The van der Waals surface area contributed by atoms with Gasteiger partial charge in [-0.15, -0.1) is 0 Å². The molecular weight excluding hydrogens is 512 g/mol. The molecular formula is C27H33ClN4O4S. The second-order valence-electron chi connectivity index (χ2n) is 9.15. The second kappa shape index (κ2) is 12.1. The van der Waals surface area contributed by atoms with Crippen LogP contribution in [0.1, 0.15) is 31.7 Å². The van der Waals surface area contributed by atoms with Crippen molar-refractivity contribution in [3.8, 4) is 5.75 Å². The molecule has 2 heterocycles. The molecule has 1 saturated heterocycles. The third kappa shape index (κ3) is 6.52. The lowest BCUT2D eigenvalue weighted by molar-refractivity contribution is -0.126. The van der Waals surface area contributed by atoms with Gasteiger partial charge in [0, 0.05) is 48.5 Å². The predicted octanol–water partition coefficient (Wildman–Crippen LogP) is 4.61. The van der Waals surface area contributed by atoms with Crippen LogP contribution in [0.25, 0.3) is 10.9 Å². The normalized spacial score (nSPS) is 16.5. The maximum absolute atomic E-state index is 13.3. The van der Waals surface area contributed by atoms with Gasteiger partial charge in [0.25, 0.3) is 0 Å². The highest BCUT2D eigenvalue weighted by Gasteiger charge is 2.33. The lowest BCUT2D eigenvalue weighted by Crippen LogP contribution is -2.45. The number of pyridine rings is 1. The molecule has 8 nitrogen and oxygen atoms in total. The maximum Gasteiger partial charge on any atom is 0.243 e. The monoisotopic (exact) mass is 544 g/mol. The topological polar surface area (TPSA) is 101 Å². The van der Waals surface area contributed by atoms with Crippen LogP contribution in [0.15, 0.2) is 53.6 Å². The third-order valence-corrected chi connectivity index (χ3v) is 8.61. The van der Waals surface area contributed by atoms with Gasteiger partial charge >= 0.3 is 0 Å². The van der Waals surface area contributed by atoms with Gasteiger partial charge in [-0.3, -0.25) is 9.78 Å². The highest BCUT2D eigenvalue weighted by Crippen LogP contribution is 2.28. The number of aromatic nitrogens is 1. The minimum Gasteiger partial charge on any atom is -0.494 e. The number of halogens is 1. The Morgan fingerprint density at radius 2 is 2.03 bits per heavy atom. The molecule has 0 bridgehead atoms. The van der Waals surface area contributed by atoms with Crippen LogP contribution < -0.4 is 15.4 Å². The largest absolute Gasteiger partial charge is 0.494 e. The molecule has 2 N–H and O–H groups in total. The van der Waals surface area contributed by atoms with Gasteiger partial charge in [-0.25, -0.2) is 8.42 Å². The highest BCUT2D eigenvalue weighted by molar-refractivity contribution is 7.89. The average molecular weight is 545 g/mol. The number of rotatable bonds is 10. The number of sulfonamides is 1. The minimum absolute atomic E-state index is 0.105. The predicted molar refractivity (Wildman–Crippen MR) is 147 cm³/mol. The van der Waals surface area contributed by atoms with E-state index < -0.39 is 10.0 Å². The first-order valence-electron chi connectivity index (χ1n) is 12.6. The van der Waals surface area contributed by atoms with E-state index in [2.05, 4.69) is 15.6 Å². The van der Waals surface area contributed by atoms with E-state index in [1.807, 2.05) is 38.1 Å². The summed E-state index contributed by atoms with van der Waals surface area (Å²) in [7, 11) is -3.69. The summed E-state index contributed by atoms with van der Waals surface area (Å²) in [6.07, 6.45) is 3.78. The summed E-state index contributed by atoms with van der Waals surface area (Å²) in [4.78, 5) is 17.4. The van der Waals surface area contributed by atoms with Crippen LogP contribution in [0.2, 0.25) is 5.02 Å². The molecule has 0 saturated carbocycles. The number of nitrogens with zero attached hydrogens (tertiary/aromatic N) is 2. The molecule has 1 amide bonds. The highest BCUT2D eigenvalue weighted by atomic mass is 35.5. The maximum atomic E-state index is 13.3. The molecule has 4 rings (SSSR count). The van der Waals surface area contributed by atoms with Crippen molar-refractivity contribution >= 4 is 44.1 Å². The number of fused-ring (bicyclic) bond motifs is 1. The van der Waals surface area contributed by atoms with Crippen molar-refractivity contribution in [2.24, 2.45) is 5.92 Å². The summed E-state index contributed by atoms with van der Waals surface area (Å²) in [6.45, 7) is 6.00. The summed E-state index contributed by atoms with van der Waals surface area (Å²) < 4.78 is 33.5. The summed E-state index contributed by atoms with van der Waals surface area (Å²) in [5.74, 6) is 0.203. The zero-order valence-electron chi connectivity index (χ0n) is 21.2. The molecule has 1 aliphatic rings. The van der Waals surface area contributed by atoms with Crippen LogP contribution in [0.3, 0.4) is 0 Å². The van der Waals surface area contributed by atoms with E-state index in [0.717, 1.165) is 28.6 Å². The smallest absolute Gasteiger partial charge is 0.243 e. The van der Waals surface area contributed by atoms with Gasteiger partial charge in [-0.2, -0.15) is 4.31 Å². The van der Waals surface area contributed by atoms with Crippen LogP contribution in [0.5, 0.6) is 5.75 Å². The van der Waals surface area contributed by atoms with Gasteiger partial charge in [-0.05, 0) is 81.1 Å². The standard InChI is InChI=1S/C27H33ClN4O4S/c1-3-36-26-10-8-22(16-19(26)2)37(34,35)32-15-4-6-20(18-32)27(33)31-13-5-12-29-24-11-14-30-25-17-21(28)7-9-23(24)25/h7-11,14,16-17,20H,3-6,12-13,15,18H2,1-2H3,(H,29,30)(H,31,33)/t20-/m1/s1. The number of hydrogen-bond donors (Lipinski definition) is 2. The number of amides is 1. The molecule has 2 aromatic carbocycles. The van der Waals surface area contributed by atoms with Crippen molar-refractivity contribution in [3.05, 3.63) is 59.2 Å². The molecule has 0 unspecified atom stereocenters. The van der Waals surface area contributed by atoms with Gasteiger partial charge in [0.05, 0.1) is 22.9 Å². The number of hydrogen-bond acceptors (Lipinski definition) is 6. The Labute approximate surface area is 223 Å². The van der Waals surface area contributed by atoms with E-state index in [-0.39, 0.29) is 23.3 Å². The number of carbonyl (C=O) groups excluding carboxylic acids is 1. The third-order valence-electron chi connectivity index (χ3n) is 6.51. The molecule has 10 heteroatoms. The van der Waals surface area contributed by atoms with Crippen molar-refractivity contribution in [3.63, 3.8) is 0 Å². The molecule has 0 spiro atoms. The van der Waals surface area contributed by atoms with Gasteiger partial charge in [0.2, 0.25) is 15.9 Å². The first-order chi connectivity index (χ1) is 17.8. The molecule has 0 radical (unpaired) electrons. The van der Waals surface area contributed by atoms with Gasteiger partial charge < -0.3 is 15.4 Å². The Morgan fingerprint density at radius 1 is 1.19 bits per heavy atom. The molecule has 37 heavy (non-hydrogen) atoms. The molecule has 198 valence electrons. The number of piperidine rings is 1. The Bertz CT molecular complexity index is 1370. The van der Waals surface area contributed by atoms with Crippen LogP contribution in [0, 0.1) is 12.8 Å². The van der Waals surface area contributed by atoms with Crippen LogP contribution in [-0.2, 0) is 14.8 Å². The number of benzene rings is 2. The molecule has 1 fully saturated rings. The summed E-state index contributed by atoms with van der Waals surface area (Å²) in [5.41, 5.74) is 2.56. The van der Waals surface area contributed by atoms with Crippen LogP contribution in [0.4, 0.5) is 5.69 Å².